The van der Waals surface area contributed by atoms with Gasteiger partial charge < -0.3 is 10.1 Å². The van der Waals surface area contributed by atoms with Crippen LogP contribution in [0, 0.1) is 5.82 Å². The molecule has 3 heteroatoms. The first-order valence-electron chi connectivity index (χ1n) is 6.77. The number of rotatable bonds is 5. The number of hydrogen-bond acceptors (Lipinski definition) is 2. The van der Waals surface area contributed by atoms with E-state index < -0.39 is 0 Å². The van der Waals surface area contributed by atoms with Crippen LogP contribution in [-0.4, -0.2) is 13.2 Å². The molecular formula is C17H20FNO. The molecule has 2 nitrogen and oxygen atoms in total. The largest absolute Gasteiger partial charge is 0.496 e. The van der Waals surface area contributed by atoms with Crippen molar-refractivity contribution in [3.63, 3.8) is 0 Å². The Kier molecular flexibility index (Phi) is 4.74. The highest BCUT2D eigenvalue weighted by Crippen LogP contribution is 2.32. The summed E-state index contributed by atoms with van der Waals surface area (Å²) in [7, 11) is 1.60. The fraction of sp³-hybridized carbons (Fsp3) is 0.294. The van der Waals surface area contributed by atoms with E-state index in [9.17, 15) is 4.39 Å². The molecule has 0 amide bonds. The molecular weight excluding hydrogens is 253 g/mol. The number of para-hydroxylation sites is 1. The van der Waals surface area contributed by atoms with Crippen LogP contribution in [0.25, 0.3) is 11.1 Å². The van der Waals surface area contributed by atoms with E-state index in [0.717, 1.165) is 17.7 Å². The molecule has 0 bridgehead atoms. The third-order valence-corrected chi connectivity index (χ3v) is 3.14. The fourth-order valence-corrected chi connectivity index (χ4v) is 2.08. The van der Waals surface area contributed by atoms with E-state index in [4.69, 9.17) is 4.74 Å². The molecule has 0 radical (unpaired) electrons. The standard InChI is InChI=1S/C17H20FNO/c1-12(2)19-11-13-8-9-16(18)15(10-13)14-6-4-5-7-17(14)20-3/h4-10,12,19H,11H2,1-3H3. The van der Waals surface area contributed by atoms with E-state index in [-0.39, 0.29) is 5.82 Å². The molecule has 0 heterocycles. The molecule has 0 aromatic heterocycles. The highest BCUT2D eigenvalue weighted by atomic mass is 19.1. The summed E-state index contributed by atoms with van der Waals surface area (Å²) in [5.74, 6) is 0.447. The fourth-order valence-electron chi connectivity index (χ4n) is 2.08. The number of ether oxygens (including phenoxy) is 1. The van der Waals surface area contributed by atoms with Crippen LogP contribution in [0.2, 0.25) is 0 Å². The summed E-state index contributed by atoms with van der Waals surface area (Å²) in [5.41, 5.74) is 2.41. The predicted octanol–water partition coefficient (Wildman–Crippen LogP) is 4.00. The normalized spacial score (nSPS) is 10.8. The molecule has 2 rings (SSSR count). The minimum Gasteiger partial charge on any atom is -0.496 e. The molecule has 106 valence electrons. The Morgan fingerprint density at radius 1 is 1.10 bits per heavy atom. The molecule has 0 unspecified atom stereocenters. The Bertz CT molecular complexity index is 581. The van der Waals surface area contributed by atoms with Gasteiger partial charge >= 0.3 is 0 Å². The van der Waals surface area contributed by atoms with Crippen LogP contribution < -0.4 is 10.1 Å². The zero-order valence-electron chi connectivity index (χ0n) is 12.1. The molecule has 0 spiro atoms. The summed E-state index contributed by atoms with van der Waals surface area (Å²) in [6.07, 6.45) is 0. The molecule has 20 heavy (non-hydrogen) atoms. The third-order valence-electron chi connectivity index (χ3n) is 3.14. The lowest BCUT2D eigenvalue weighted by Gasteiger charge is -2.12. The van der Waals surface area contributed by atoms with Crippen molar-refractivity contribution >= 4 is 0 Å². The Hall–Kier alpha value is -1.87. The quantitative estimate of drug-likeness (QED) is 0.889. The topological polar surface area (TPSA) is 21.3 Å². The van der Waals surface area contributed by atoms with E-state index in [1.165, 1.54) is 6.07 Å². The molecule has 0 aliphatic carbocycles. The minimum absolute atomic E-state index is 0.234. The summed E-state index contributed by atoms with van der Waals surface area (Å²) in [6.45, 7) is 4.90. The molecule has 0 atom stereocenters. The number of methoxy groups -OCH3 is 1. The number of hydrogen-bond donors (Lipinski definition) is 1. The van der Waals surface area contributed by atoms with Crippen molar-refractivity contribution in [1.82, 2.24) is 5.32 Å². The molecule has 2 aromatic carbocycles. The molecule has 0 aliphatic rings. The molecule has 2 aromatic rings. The zero-order chi connectivity index (χ0) is 14.5. The minimum atomic E-state index is -0.234. The van der Waals surface area contributed by atoms with Crippen LogP contribution in [0.5, 0.6) is 5.75 Å². The van der Waals surface area contributed by atoms with Crippen molar-refractivity contribution < 1.29 is 9.13 Å². The van der Waals surface area contributed by atoms with Crippen molar-refractivity contribution in [3.8, 4) is 16.9 Å². The van der Waals surface area contributed by atoms with Gasteiger partial charge in [-0.15, -0.1) is 0 Å². The Morgan fingerprint density at radius 2 is 1.85 bits per heavy atom. The van der Waals surface area contributed by atoms with Crippen LogP contribution >= 0.6 is 0 Å². The Morgan fingerprint density at radius 3 is 2.55 bits per heavy atom. The number of nitrogens with one attached hydrogen (secondary N) is 1. The third kappa shape index (κ3) is 3.36. The van der Waals surface area contributed by atoms with Crippen molar-refractivity contribution in [3.05, 3.63) is 53.8 Å². The van der Waals surface area contributed by atoms with Gasteiger partial charge in [0.1, 0.15) is 11.6 Å². The van der Waals surface area contributed by atoms with Gasteiger partial charge in [-0.3, -0.25) is 0 Å². The lowest BCUT2D eigenvalue weighted by molar-refractivity contribution is 0.416. The summed E-state index contributed by atoms with van der Waals surface area (Å²) < 4.78 is 19.4. The van der Waals surface area contributed by atoms with Crippen molar-refractivity contribution in [2.75, 3.05) is 7.11 Å². The maximum atomic E-state index is 14.1. The maximum absolute atomic E-state index is 14.1. The second-order valence-corrected chi connectivity index (χ2v) is 5.05. The van der Waals surface area contributed by atoms with Gasteiger partial charge in [-0.2, -0.15) is 0 Å². The highest BCUT2D eigenvalue weighted by Gasteiger charge is 2.11. The molecule has 0 fully saturated rings. The predicted molar refractivity (Wildman–Crippen MR) is 80.4 cm³/mol. The molecule has 1 N–H and O–H groups in total. The van der Waals surface area contributed by atoms with Crippen LogP contribution in [0.3, 0.4) is 0 Å². The highest BCUT2D eigenvalue weighted by molar-refractivity contribution is 5.71. The SMILES string of the molecule is COc1ccccc1-c1cc(CNC(C)C)ccc1F. The summed E-state index contributed by atoms with van der Waals surface area (Å²) in [5, 5.41) is 3.33. The first-order valence-corrected chi connectivity index (χ1v) is 6.77. The van der Waals surface area contributed by atoms with Gasteiger partial charge in [0.15, 0.2) is 0 Å². The monoisotopic (exact) mass is 273 g/mol. The average Bonchev–Trinajstić information content (AvgIpc) is 2.46. The maximum Gasteiger partial charge on any atom is 0.131 e. The van der Waals surface area contributed by atoms with Crippen molar-refractivity contribution in [1.29, 1.82) is 0 Å². The number of benzene rings is 2. The van der Waals surface area contributed by atoms with Gasteiger partial charge in [-0.05, 0) is 23.8 Å². The summed E-state index contributed by atoms with van der Waals surface area (Å²) >= 11 is 0. The lowest BCUT2D eigenvalue weighted by Crippen LogP contribution is -2.21. The van der Waals surface area contributed by atoms with Crippen molar-refractivity contribution in [2.45, 2.75) is 26.4 Å². The average molecular weight is 273 g/mol. The Labute approximate surface area is 119 Å². The molecule has 0 saturated carbocycles. The van der Waals surface area contributed by atoms with E-state index in [1.54, 1.807) is 7.11 Å². The summed E-state index contributed by atoms with van der Waals surface area (Å²) in [4.78, 5) is 0. The van der Waals surface area contributed by atoms with Gasteiger partial charge in [-0.25, -0.2) is 4.39 Å². The van der Waals surface area contributed by atoms with E-state index in [2.05, 4.69) is 19.2 Å². The molecule has 0 saturated heterocycles. The van der Waals surface area contributed by atoms with E-state index >= 15 is 0 Å². The van der Waals surface area contributed by atoms with Gasteiger partial charge in [0.05, 0.1) is 7.11 Å². The zero-order valence-corrected chi connectivity index (χ0v) is 12.1. The van der Waals surface area contributed by atoms with Gasteiger partial charge in [0.25, 0.3) is 0 Å². The lowest BCUT2D eigenvalue weighted by atomic mass is 10.0. The van der Waals surface area contributed by atoms with Crippen LogP contribution in [0.1, 0.15) is 19.4 Å². The second-order valence-electron chi connectivity index (χ2n) is 5.05. The van der Waals surface area contributed by atoms with E-state index in [0.29, 0.717) is 17.4 Å². The van der Waals surface area contributed by atoms with Gasteiger partial charge in [-0.1, -0.05) is 38.1 Å². The first-order chi connectivity index (χ1) is 9.61. The Balaban J connectivity index is 2.37. The van der Waals surface area contributed by atoms with E-state index in [1.807, 2.05) is 36.4 Å². The summed E-state index contributed by atoms with van der Waals surface area (Å²) in [6, 6.07) is 13.1. The smallest absolute Gasteiger partial charge is 0.131 e. The first kappa shape index (κ1) is 14.5. The second kappa shape index (κ2) is 6.53. The van der Waals surface area contributed by atoms with Crippen molar-refractivity contribution in [2.24, 2.45) is 0 Å². The van der Waals surface area contributed by atoms with Crippen LogP contribution in [-0.2, 0) is 6.54 Å². The van der Waals surface area contributed by atoms with Gasteiger partial charge in [0, 0.05) is 23.7 Å². The molecule has 0 aliphatic heterocycles. The van der Waals surface area contributed by atoms with Gasteiger partial charge in [0.2, 0.25) is 0 Å². The van der Waals surface area contributed by atoms with Crippen LogP contribution in [0.4, 0.5) is 4.39 Å². The van der Waals surface area contributed by atoms with Crippen LogP contribution in [0.15, 0.2) is 42.5 Å². The number of halogens is 1.